The first-order chi connectivity index (χ1) is 11.0. The van der Waals surface area contributed by atoms with E-state index in [9.17, 15) is 20.1 Å². The molecule has 0 heterocycles. The van der Waals surface area contributed by atoms with Gasteiger partial charge in [0.25, 0.3) is 0 Å². The van der Waals surface area contributed by atoms with Gasteiger partial charge in [-0.2, -0.15) is 0 Å². The van der Waals surface area contributed by atoms with Gasteiger partial charge in [-0.15, -0.1) is 0 Å². The highest BCUT2D eigenvalue weighted by Gasteiger charge is 2.04. The van der Waals surface area contributed by atoms with E-state index < -0.39 is 0 Å². The summed E-state index contributed by atoms with van der Waals surface area (Å²) in [5.41, 5.74) is 1.72. The van der Waals surface area contributed by atoms with E-state index in [0.717, 1.165) is 0 Å². The zero-order valence-electron chi connectivity index (χ0n) is 12.5. The number of anilines is 1. The fraction of sp³-hybridized carbons (Fsp3) is 0.0556. The molecule has 0 radical (unpaired) electrons. The minimum absolute atomic E-state index is 0.0351. The number of benzene rings is 2. The average molecular weight is 311 g/mol. The van der Waals surface area contributed by atoms with E-state index in [1.807, 2.05) is 0 Å². The van der Waals surface area contributed by atoms with E-state index in [2.05, 4.69) is 5.32 Å². The van der Waals surface area contributed by atoms with Crippen LogP contribution in [0.4, 0.5) is 5.69 Å². The number of amides is 1. The van der Waals surface area contributed by atoms with Crippen molar-refractivity contribution in [1.82, 2.24) is 0 Å². The fourth-order valence-electron chi connectivity index (χ4n) is 2.02. The third-order valence-electron chi connectivity index (χ3n) is 2.99. The minimum Gasteiger partial charge on any atom is -0.508 e. The molecule has 118 valence electrons. The van der Waals surface area contributed by atoms with Gasteiger partial charge in [-0.25, -0.2) is 0 Å². The normalized spacial score (nSPS) is 11.2. The standard InChI is InChI=1S/C18H17NO4/c1-2-3-18(23)19-17-11-14(20)7-6-13(17)5-4-12-8-15(21)10-16(22)9-12/h2-11,20-22H,1H3,(H,19,23)/b3-2+,5-4+. The summed E-state index contributed by atoms with van der Waals surface area (Å²) in [6.45, 7) is 1.73. The quantitative estimate of drug-likeness (QED) is 0.514. The van der Waals surface area contributed by atoms with E-state index >= 15 is 0 Å². The van der Waals surface area contributed by atoms with Crippen molar-refractivity contribution in [2.24, 2.45) is 0 Å². The van der Waals surface area contributed by atoms with Crippen LogP contribution >= 0.6 is 0 Å². The van der Waals surface area contributed by atoms with E-state index in [4.69, 9.17) is 0 Å². The fourth-order valence-corrected chi connectivity index (χ4v) is 2.02. The second kappa shape index (κ2) is 7.17. The highest BCUT2D eigenvalue weighted by atomic mass is 16.3. The maximum Gasteiger partial charge on any atom is 0.248 e. The number of allylic oxidation sites excluding steroid dienone is 1. The molecule has 2 aromatic rings. The molecule has 0 saturated carbocycles. The predicted molar refractivity (Wildman–Crippen MR) is 90.3 cm³/mol. The molecule has 2 aromatic carbocycles. The van der Waals surface area contributed by atoms with Crippen LogP contribution in [0.2, 0.25) is 0 Å². The summed E-state index contributed by atoms with van der Waals surface area (Å²) >= 11 is 0. The van der Waals surface area contributed by atoms with Crippen molar-refractivity contribution in [3.8, 4) is 17.2 Å². The Kier molecular flexibility index (Phi) is 5.04. The number of phenolic OH excluding ortho intramolecular Hbond substituents is 3. The number of aromatic hydroxyl groups is 3. The number of rotatable bonds is 4. The molecule has 0 aliphatic carbocycles. The molecule has 0 aliphatic rings. The van der Waals surface area contributed by atoms with Gasteiger partial charge in [0.15, 0.2) is 0 Å². The molecule has 0 atom stereocenters. The van der Waals surface area contributed by atoms with Gasteiger partial charge in [0, 0.05) is 12.1 Å². The molecule has 0 aliphatic heterocycles. The molecule has 2 rings (SSSR count). The summed E-state index contributed by atoms with van der Waals surface area (Å²) in [4.78, 5) is 11.7. The lowest BCUT2D eigenvalue weighted by Gasteiger charge is -2.07. The molecule has 0 bridgehead atoms. The Morgan fingerprint density at radius 3 is 2.30 bits per heavy atom. The first kappa shape index (κ1) is 16.2. The molecule has 1 amide bonds. The van der Waals surface area contributed by atoms with E-state index in [1.54, 1.807) is 31.2 Å². The molecule has 0 aromatic heterocycles. The van der Waals surface area contributed by atoms with E-state index in [0.29, 0.717) is 16.8 Å². The second-order valence-electron chi connectivity index (χ2n) is 4.88. The van der Waals surface area contributed by atoms with Gasteiger partial charge in [0.05, 0.1) is 5.69 Å². The van der Waals surface area contributed by atoms with Crippen molar-refractivity contribution in [3.63, 3.8) is 0 Å². The van der Waals surface area contributed by atoms with Crippen LogP contribution in [0.3, 0.4) is 0 Å². The van der Waals surface area contributed by atoms with Crippen LogP contribution in [0.5, 0.6) is 17.2 Å². The number of hydrogen-bond donors (Lipinski definition) is 4. The number of nitrogens with one attached hydrogen (secondary N) is 1. The number of phenols is 3. The molecule has 23 heavy (non-hydrogen) atoms. The van der Waals surface area contributed by atoms with Gasteiger partial charge in [-0.1, -0.05) is 18.2 Å². The lowest BCUT2D eigenvalue weighted by atomic mass is 10.1. The maximum absolute atomic E-state index is 11.7. The predicted octanol–water partition coefficient (Wildman–Crippen LogP) is 3.49. The van der Waals surface area contributed by atoms with Gasteiger partial charge < -0.3 is 20.6 Å². The number of carbonyl (C=O) groups is 1. The summed E-state index contributed by atoms with van der Waals surface area (Å²) in [5.74, 6) is -0.357. The Balaban J connectivity index is 2.31. The topological polar surface area (TPSA) is 89.8 Å². The summed E-state index contributed by atoms with van der Waals surface area (Å²) in [6, 6.07) is 8.83. The molecule has 5 nitrogen and oxygen atoms in total. The molecule has 5 heteroatoms. The SMILES string of the molecule is C/C=C/C(=O)Nc1cc(O)ccc1/C=C/c1cc(O)cc(O)c1. The zero-order chi connectivity index (χ0) is 16.8. The van der Waals surface area contributed by atoms with Crippen LogP contribution in [0.15, 0.2) is 48.6 Å². The molecule has 0 unspecified atom stereocenters. The van der Waals surface area contributed by atoms with Crippen molar-refractivity contribution >= 4 is 23.7 Å². The Bertz CT molecular complexity index is 758. The average Bonchev–Trinajstić information content (AvgIpc) is 2.45. The Labute approximate surface area is 133 Å². The van der Waals surface area contributed by atoms with Crippen LogP contribution in [0, 0.1) is 0 Å². The van der Waals surface area contributed by atoms with Crippen molar-refractivity contribution in [2.45, 2.75) is 6.92 Å². The third-order valence-corrected chi connectivity index (χ3v) is 2.99. The maximum atomic E-state index is 11.7. The van der Waals surface area contributed by atoms with E-state index in [-0.39, 0.29) is 23.2 Å². The number of hydrogen-bond acceptors (Lipinski definition) is 4. The van der Waals surface area contributed by atoms with Gasteiger partial charge in [-0.05, 0) is 48.4 Å². The first-order valence-corrected chi connectivity index (χ1v) is 6.96. The summed E-state index contributed by atoms with van der Waals surface area (Å²) in [7, 11) is 0. The minimum atomic E-state index is -0.303. The van der Waals surface area contributed by atoms with Crippen molar-refractivity contribution in [1.29, 1.82) is 0 Å². The molecular formula is C18H17NO4. The second-order valence-corrected chi connectivity index (χ2v) is 4.88. The highest BCUT2D eigenvalue weighted by Crippen LogP contribution is 2.26. The summed E-state index contributed by atoms with van der Waals surface area (Å²) in [5, 5.41) is 31.2. The van der Waals surface area contributed by atoms with Crippen LogP contribution in [0.1, 0.15) is 18.1 Å². The van der Waals surface area contributed by atoms with Gasteiger partial charge in [0.1, 0.15) is 17.2 Å². The van der Waals surface area contributed by atoms with Crippen molar-refractivity contribution in [2.75, 3.05) is 5.32 Å². The zero-order valence-corrected chi connectivity index (χ0v) is 12.5. The molecule has 0 spiro atoms. The Morgan fingerprint density at radius 1 is 0.957 bits per heavy atom. The molecule has 4 N–H and O–H groups in total. The van der Waals surface area contributed by atoms with Gasteiger partial charge in [0.2, 0.25) is 5.91 Å². The van der Waals surface area contributed by atoms with Crippen LogP contribution in [0.25, 0.3) is 12.2 Å². The smallest absolute Gasteiger partial charge is 0.248 e. The molecular weight excluding hydrogens is 294 g/mol. The largest absolute Gasteiger partial charge is 0.508 e. The van der Waals surface area contributed by atoms with Gasteiger partial charge in [-0.3, -0.25) is 4.79 Å². The van der Waals surface area contributed by atoms with Crippen LogP contribution in [-0.4, -0.2) is 21.2 Å². The van der Waals surface area contributed by atoms with Crippen molar-refractivity contribution in [3.05, 3.63) is 59.7 Å². The van der Waals surface area contributed by atoms with Crippen LogP contribution in [-0.2, 0) is 4.79 Å². The summed E-state index contributed by atoms with van der Waals surface area (Å²) < 4.78 is 0. The van der Waals surface area contributed by atoms with Crippen molar-refractivity contribution < 1.29 is 20.1 Å². The number of carbonyl (C=O) groups excluding carboxylic acids is 1. The van der Waals surface area contributed by atoms with E-state index in [1.165, 1.54) is 36.4 Å². The Hall–Kier alpha value is -3.21. The first-order valence-electron chi connectivity index (χ1n) is 6.96. The Morgan fingerprint density at radius 2 is 1.65 bits per heavy atom. The lowest BCUT2D eigenvalue weighted by molar-refractivity contribution is -0.111. The molecule has 0 saturated heterocycles. The monoisotopic (exact) mass is 311 g/mol. The lowest BCUT2D eigenvalue weighted by Crippen LogP contribution is -2.08. The summed E-state index contributed by atoms with van der Waals surface area (Å²) in [6.07, 6.45) is 6.38. The van der Waals surface area contributed by atoms with Gasteiger partial charge >= 0.3 is 0 Å². The third kappa shape index (κ3) is 4.64. The van der Waals surface area contributed by atoms with Crippen LogP contribution < -0.4 is 5.32 Å². The highest BCUT2D eigenvalue weighted by molar-refractivity contribution is 6.01. The molecule has 0 fully saturated rings.